The second kappa shape index (κ2) is 3.77. The maximum Gasteiger partial charge on any atom is 0.251 e. The Morgan fingerprint density at radius 2 is 2.06 bits per heavy atom. The van der Waals surface area contributed by atoms with E-state index in [-0.39, 0.29) is 12.8 Å². The van der Waals surface area contributed by atoms with Gasteiger partial charge >= 0.3 is 0 Å². The van der Waals surface area contributed by atoms with Gasteiger partial charge in [-0.2, -0.15) is 0 Å². The summed E-state index contributed by atoms with van der Waals surface area (Å²) in [7, 11) is 0. The van der Waals surface area contributed by atoms with Gasteiger partial charge in [0.2, 0.25) is 0 Å². The van der Waals surface area contributed by atoms with Crippen molar-refractivity contribution in [2.24, 2.45) is 10.7 Å². The number of alkyl halides is 2. The van der Waals surface area contributed by atoms with Crippen molar-refractivity contribution in [3.63, 3.8) is 0 Å². The first kappa shape index (κ1) is 10.9. The smallest absolute Gasteiger partial charge is 0.251 e. The highest BCUT2D eigenvalue weighted by Gasteiger charge is 2.35. The molecule has 0 unspecified atom stereocenters. The minimum absolute atomic E-state index is 0.140. The van der Waals surface area contributed by atoms with E-state index in [9.17, 15) is 8.78 Å². The summed E-state index contributed by atoms with van der Waals surface area (Å²) in [6.07, 6.45) is 1.38. The van der Waals surface area contributed by atoms with E-state index < -0.39 is 5.92 Å². The first-order valence-corrected chi connectivity index (χ1v) is 5.11. The molecule has 2 aliphatic rings. The summed E-state index contributed by atoms with van der Waals surface area (Å²) in [5.74, 6) is -1.76. The highest BCUT2D eigenvalue weighted by Crippen LogP contribution is 2.29. The van der Waals surface area contributed by atoms with E-state index in [1.54, 1.807) is 6.20 Å². The molecule has 3 N–H and O–H groups in total. The van der Waals surface area contributed by atoms with Crippen LogP contribution in [0.15, 0.2) is 29.3 Å². The molecule has 16 heavy (non-hydrogen) atoms. The summed E-state index contributed by atoms with van der Waals surface area (Å²) < 4.78 is 25.9. The largest absolute Gasteiger partial charge is 0.382 e. The third kappa shape index (κ3) is 2.15. The van der Waals surface area contributed by atoms with E-state index in [1.165, 1.54) is 0 Å². The van der Waals surface area contributed by atoms with Gasteiger partial charge < -0.3 is 16.0 Å². The van der Waals surface area contributed by atoms with Crippen LogP contribution in [-0.2, 0) is 0 Å². The van der Waals surface area contributed by atoms with Gasteiger partial charge in [0.15, 0.2) is 5.84 Å². The number of halogens is 2. The topological polar surface area (TPSA) is 53.6 Å². The molecule has 0 radical (unpaired) electrons. The number of amidine groups is 1. The molecule has 0 aliphatic carbocycles. The summed E-state index contributed by atoms with van der Waals surface area (Å²) >= 11 is 0. The highest BCUT2D eigenvalue weighted by atomic mass is 19.3. The Hall–Kier alpha value is -1.59. The molecule has 4 nitrogen and oxygen atoms in total. The molecule has 2 aliphatic heterocycles. The SMILES string of the molecule is C=C1N=C(N)C(N2CCC(F)(F)CC2)=CN1. The molecule has 0 aromatic heterocycles. The maximum atomic E-state index is 13.0. The summed E-state index contributed by atoms with van der Waals surface area (Å²) in [5.41, 5.74) is 6.39. The Morgan fingerprint density at radius 1 is 1.44 bits per heavy atom. The van der Waals surface area contributed by atoms with E-state index in [0.29, 0.717) is 30.4 Å². The second-order valence-electron chi connectivity index (χ2n) is 3.96. The summed E-state index contributed by atoms with van der Waals surface area (Å²) in [6, 6.07) is 0. The minimum atomic E-state index is -2.55. The standard InChI is InChI=1S/C10H14F2N4/c1-7-14-6-8(9(13)15-7)16-4-2-10(11,12)3-5-16/h6,14H,1-5H2,(H2,13,15). The quantitative estimate of drug-likeness (QED) is 0.703. The average molecular weight is 228 g/mol. The fourth-order valence-electron chi connectivity index (χ4n) is 1.79. The molecule has 1 saturated heterocycles. The maximum absolute atomic E-state index is 13.0. The van der Waals surface area contributed by atoms with E-state index in [1.807, 2.05) is 4.90 Å². The van der Waals surface area contributed by atoms with Gasteiger partial charge in [-0.1, -0.05) is 6.58 Å². The first-order valence-electron chi connectivity index (χ1n) is 5.11. The van der Waals surface area contributed by atoms with Gasteiger partial charge in [0.25, 0.3) is 5.92 Å². The molecule has 6 heteroatoms. The van der Waals surface area contributed by atoms with Crippen molar-refractivity contribution in [1.82, 2.24) is 10.2 Å². The van der Waals surface area contributed by atoms with Crippen molar-refractivity contribution in [2.75, 3.05) is 13.1 Å². The number of nitrogens with one attached hydrogen (secondary N) is 1. The summed E-state index contributed by atoms with van der Waals surface area (Å²) in [4.78, 5) is 5.78. The Morgan fingerprint density at radius 3 is 2.62 bits per heavy atom. The highest BCUT2D eigenvalue weighted by molar-refractivity contribution is 5.97. The third-order valence-corrected chi connectivity index (χ3v) is 2.73. The third-order valence-electron chi connectivity index (χ3n) is 2.73. The van der Waals surface area contributed by atoms with Gasteiger partial charge in [-0.05, 0) is 0 Å². The number of nitrogens with two attached hydrogens (primary N) is 1. The van der Waals surface area contributed by atoms with Crippen LogP contribution in [0, 0.1) is 0 Å². The zero-order chi connectivity index (χ0) is 11.8. The summed E-state index contributed by atoms with van der Waals surface area (Å²) in [5, 5.41) is 2.83. The number of aliphatic imine (C=N–C) groups is 1. The fraction of sp³-hybridized carbons (Fsp3) is 0.500. The molecule has 0 saturated carbocycles. The number of piperidine rings is 1. The molecule has 0 aromatic rings. The van der Waals surface area contributed by atoms with Crippen LogP contribution in [0.2, 0.25) is 0 Å². The molecule has 2 heterocycles. The lowest BCUT2D eigenvalue weighted by atomic mass is 10.1. The number of rotatable bonds is 1. The molecule has 88 valence electrons. The van der Waals surface area contributed by atoms with Gasteiger partial charge in [-0.25, -0.2) is 13.8 Å². The van der Waals surface area contributed by atoms with Crippen molar-refractivity contribution in [1.29, 1.82) is 0 Å². The lowest BCUT2D eigenvalue weighted by Gasteiger charge is -2.35. The van der Waals surface area contributed by atoms with Crippen molar-refractivity contribution in [2.45, 2.75) is 18.8 Å². The predicted molar refractivity (Wildman–Crippen MR) is 57.7 cm³/mol. The number of nitrogens with zero attached hydrogens (tertiary/aromatic N) is 2. The van der Waals surface area contributed by atoms with E-state index in [2.05, 4.69) is 16.9 Å². The van der Waals surface area contributed by atoms with Crippen molar-refractivity contribution in [3.05, 3.63) is 24.3 Å². The van der Waals surface area contributed by atoms with Crippen LogP contribution in [0.5, 0.6) is 0 Å². The molecule has 0 aromatic carbocycles. The summed E-state index contributed by atoms with van der Waals surface area (Å²) in [6.45, 7) is 4.20. The van der Waals surface area contributed by atoms with Gasteiger partial charge in [0.1, 0.15) is 5.82 Å². The Bertz CT molecular complexity index is 363. The van der Waals surface area contributed by atoms with Crippen molar-refractivity contribution in [3.8, 4) is 0 Å². The van der Waals surface area contributed by atoms with E-state index in [0.717, 1.165) is 0 Å². The van der Waals surface area contributed by atoms with Crippen LogP contribution in [0.3, 0.4) is 0 Å². The minimum Gasteiger partial charge on any atom is -0.382 e. The molecular formula is C10H14F2N4. The molecule has 0 bridgehead atoms. The van der Waals surface area contributed by atoms with Crippen LogP contribution in [0.1, 0.15) is 12.8 Å². The molecule has 2 rings (SSSR count). The normalized spacial score (nSPS) is 24.6. The Kier molecular flexibility index (Phi) is 2.57. The first-order chi connectivity index (χ1) is 7.48. The van der Waals surface area contributed by atoms with Crippen LogP contribution in [0.4, 0.5) is 8.78 Å². The number of hydrogen-bond acceptors (Lipinski definition) is 4. The van der Waals surface area contributed by atoms with E-state index >= 15 is 0 Å². The van der Waals surface area contributed by atoms with Crippen LogP contribution in [-0.4, -0.2) is 29.7 Å². The number of likely N-dealkylation sites (tertiary alicyclic amines) is 1. The van der Waals surface area contributed by atoms with Gasteiger partial charge in [-0.3, -0.25) is 0 Å². The molecule has 1 fully saturated rings. The van der Waals surface area contributed by atoms with Gasteiger partial charge in [0.05, 0.1) is 5.70 Å². The van der Waals surface area contributed by atoms with Crippen LogP contribution < -0.4 is 11.1 Å². The zero-order valence-electron chi connectivity index (χ0n) is 8.84. The molecule has 0 atom stereocenters. The van der Waals surface area contributed by atoms with Crippen LogP contribution in [0.25, 0.3) is 0 Å². The Balaban J connectivity index is 2.05. The monoisotopic (exact) mass is 228 g/mol. The molecule has 0 spiro atoms. The number of hydrogen-bond donors (Lipinski definition) is 2. The second-order valence-corrected chi connectivity index (χ2v) is 3.96. The predicted octanol–water partition coefficient (Wildman–Crippen LogP) is 0.990. The van der Waals surface area contributed by atoms with Gasteiger partial charge in [-0.15, -0.1) is 0 Å². The lowest BCUT2D eigenvalue weighted by Crippen LogP contribution is -2.43. The molecule has 0 amide bonds. The fourth-order valence-corrected chi connectivity index (χ4v) is 1.79. The molecular weight excluding hydrogens is 214 g/mol. The Labute approximate surface area is 92.5 Å². The van der Waals surface area contributed by atoms with Crippen molar-refractivity contribution < 1.29 is 8.78 Å². The zero-order valence-corrected chi connectivity index (χ0v) is 8.84. The average Bonchev–Trinajstić information content (AvgIpc) is 2.19. The van der Waals surface area contributed by atoms with Crippen molar-refractivity contribution >= 4 is 5.84 Å². The van der Waals surface area contributed by atoms with Gasteiger partial charge in [0, 0.05) is 32.1 Å². The van der Waals surface area contributed by atoms with Crippen LogP contribution >= 0.6 is 0 Å². The van der Waals surface area contributed by atoms with E-state index in [4.69, 9.17) is 5.73 Å². The lowest BCUT2D eigenvalue weighted by molar-refractivity contribution is -0.0480.